The molecule has 1 N–H and O–H groups in total. The molecule has 9 rings (SSSR count). The summed E-state index contributed by atoms with van der Waals surface area (Å²) in [6.07, 6.45) is 3.05. The standard InChI is InChI=1S/C47H36O6S2/c48-54(49,50)46-28-27-45(41-22-2-1-3-23-42(41)46)53-55(51,52)47-43(39-25-11-17-32-14-5-8-20-36(32)39)29-34(38-24-10-16-31-13-4-7-19-35(31)38)30-44(47)40-26-12-18-33-15-6-9-21-37(33)40/h4-21,24-30H,1-3,22-23H2,(H,48,49,50). The molecule has 0 saturated carbocycles. The lowest BCUT2D eigenvalue weighted by molar-refractivity contribution is 0.479. The van der Waals surface area contributed by atoms with E-state index >= 15 is 8.42 Å². The van der Waals surface area contributed by atoms with Crippen LogP contribution in [0.5, 0.6) is 5.75 Å². The Morgan fingerprint density at radius 1 is 0.455 bits per heavy atom. The Hall–Kier alpha value is -5.80. The van der Waals surface area contributed by atoms with Crippen LogP contribution in [-0.2, 0) is 33.1 Å². The minimum absolute atomic E-state index is 0.00502. The summed E-state index contributed by atoms with van der Waals surface area (Å²) in [4.78, 5) is -0.202. The van der Waals surface area contributed by atoms with Gasteiger partial charge in [-0.15, -0.1) is 0 Å². The predicted molar refractivity (Wildman–Crippen MR) is 221 cm³/mol. The average Bonchev–Trinajstić information content (AvgIpc) is 3.46. The summed E-state index contributed by atoms with van der Waals surface area (Å²) >= 11 is 0. The Bertz CT molecular complexity index is 2930. The molecule has 0 heterocycles. The quantitative estimate of drug-likeness (QED) is 0.0987. The minimum Gasteiger partial charge on any atom is -0.379 e. The maximum atomic E-state index is 15.4. The molecule has 8 aromatic rings. The molecule has 6 nitrogen and oxygen atoms in total. The van der Waals surface area contributed by atoms with Crippen molar-refractivity contribution in [2.45, 2.75) is 41.9 Å². The zero-order valence-corrected chi connectivity index (χ0v) is 31.4. The third-order valence-electron chi connectivity index (χ3n) is 10.8. The van der Waals surface area contributed by atoms with Gasteiger partial charge in [0, 0.05) is 16.7 Å². The van der Waals surface area contributed by atoms with Crippen LogP contribution in [0.15, 0.2) is 161 Å². The first-order chi connectivity index (χ1) is 26.7. The van der Waals surface area contributed by atoms with Gasteiger partial charge in [-0.1, -0.05) is 134 Å². The summed E-state index contributed by atoms with van der Waals surface area (Å²) in [5.74, 6) is 0.0650. The highest BCUT2D eigenvalue weighted by molar-refractivity contribution is 7.87. The van der Waals surface area contributed by atoms with Gasteiger partial charge >= 0.3 is 10.1 Å². The van der Waals surface area contributed by atoms with E-state index in [-0.39, 0.29) is 15.5 Å². The normalized spacial score (nSPS) is 13.5. The molecule has 0 radical (unpaired) electrons. The van der Waals surface area contributed by atoms with Crippen LogP contribution >= 0.6 is 0 Å². The number of hydrogen-bond acceptors (Lipinski definition) is 5. The van der Waals surface area contributed by atoms with Gasteiger partial charge in [-0.3, -0.25) is 4.55 Å². The molecule has 55 heavy (non-hydrogen) atoms. The van der Waals surface area contributed by atoms with E-state index in [1.165, 1.54) is 12.1 Å². The molecule has 0 unspecified atom stereocenters. The smallest absolute Gasteiger partial charge is 0.340 e. The molecular weight excluding hydrogens is 725 g/mol. The lowest BCUT2D eigenvalue weighted by Crippen LogP contribution is -2.15. The fourth-order valence-corrected chi connectivity index (χ4v) is 10.4. The topological polar surface area (TPSA) is 97.7 Å². The van der Waals surface area contributed by atoms with Crippen molar-refractivity contribution < 1.29 is 25.6 Å². The van der Waals surface area contributed by atoms with E-state index in [9.17, 15) is 13.0 Å². The van der Waals surface area contributed by atoms with Gasteiger partial charge in [0.25, 0.3) is 10.1 Å². The summed E-state index contributed by atoms with van der Waals surface area (Å²) in [7, 11) is -9.21. The molecule has 8 aromatic carbocycles. The SMILES string of the molecule is O=S(=O)(O)c1ccc(OS(=O)(=O)c2c(-c3cccc4ccccc34)cc(-c3cccc4ccccc34)cc2-c2cccc3ccccc23)c2c1CCCCC2. The van der Waals surface area contributed by atoms with E-state index in [0.29, 0.717) is 41.5 Å². The summed E-state index contributed by atoms with van der Waals surface area (Å²) in [5.41, 5.74) is 5.10. The van der Waals surface area contributed by atoms with Crippen molar-refractivity contribution in [1.29, 1.82) is 0 Å². The second-order valence-corrected chi connectivity index (χ2v) is 16.9. The van der Waals surface area contributed by atoms with Crippen molar-refractivity contribution >= 4 is 52.6 Å². The van der Waals surface area contributed by atoms with Gasteiger partial charge in [-0.25, -0.2) is 0 Å². The number of fused-ring (bicyclic) bond motifs is 4. The third-order valence-corrected chi connectivity index (χ3v) is 13.1. The fraction of sp³-hybridized carbons (Fsp3) is 0.106. The lowest BCUT2D eigenvalue weighted by atomic mass is 9.88. The maximum Gasteiger partial charge on any atom is 0.340 e. The molecule has 272 valence electrons. The second kappa shape index (κ2) is 13.8. The first-order valence-corrected chi connectivity index (χ1v) is 21.2. The van der Waals surface area contributed by atoms with Gasteiger partial charge in [-0.2, -0.15) is 16.8 Å². The number of benzene rings is 8. The van der Waals surface area contributed by atoms with Crippen LogP contribution in [0.25, 0.3) is 65.7 Å². The highest BCUT2D eigenvalue weighted by Gasteiger charge is 2.32. The Morgan fingerprint density at radius 3 is 1.44 bits per heavy atom. The van der Waals surface area contributed by atoms with Crippen molar-refractivity contribution in [3.8, 4) is 39.1 Å². The Kier molecular flexibility index (Phi) is 8.77. The molecule has 0 fully saturated rings. The van der Waals surface area contributed by atoms with Crippen molar-refractivity contribution in [3.05, 3.63) is 163 Å². The Morgan fingerprint density at radius 2 is 0.909 bits per heavy atom. The second-order valence-electron chi connectivity index (χ2n) is 14.1. The van der Waals surface area contributed by atoms with E-state index < -0.39 is 20.2 Å². The summed E-state index contributed by atoms with van der Waals surface area (Å²) in [6, 6.07) is 48.5. The van der Waals surface area contributed by atoms with Crippen LogP contribution in [0.3, 0.4) is 0 Å². The van der Waals surface area contributed by atoms with E-state index in [0.717, 1.165) is 67.4 Å². The first-order valence-electron chi connectivity index (χ1n) is 18.4. The third kappa shape index (κ3) is 6.36. The molecule has 1 aliphatic rings. The molecule has 0 saturated heterocycles. The zero-order valence-electron chi connectivity index (χ0n) is 29.8. The molecule has 8 heteroatoms. The summed E-state index contributed by atoms with van der Waals surface area (Å²) < 4.78 is 72.1. The van der Waals surface area contributed by atoms with Crippen molar-refractivity contribution in [2.24, 2.45) is 0 Å². The van der Waals surface area contributed by atoms with E-state index in [2.05, 4.69) is 24.3 Å². The molecule has 0 aromatic heterocycles. The van der Waals surface area contributed by atoms with Crippen molar-refractivity contribution in [1.82, 2.24) is 0 Å². The Labute approximate surface area is 320 Å². The van der Waals surface area contributed by atoms with Gasteiger partial charge < -0.3 is 4.18 Å². The summed E-state index contributed by atoms with van der Waals surface area (Å²) in [5, 5.41) is 5.77. The van der Waals surface area contributed by atoms with Crippen LogP contribution in [0, 0.1) is 0 Å². The highest BCUT2D eigenvalue weighted by Crippen LogP contribution is 2.46. The summed E-state index contributed by atoms with van der Waals surface area (Å²) in [6.45, 7) is 0. The molecule has 0 atom stereocenters. The zero-order chi connectivity index (χ0) is 37.7. The van der Waals surface area contributed by atoms with Gasteiger partial charge in [0.2, 0.25) is 0 Å². The molecule has 1 aliphatic carbocycles. The van der Waals surface area contributed by atoms with Crippen LogP contribution in [-0.4, -0.2) is 21.4 Å². The van der Waals surface area contributed by atoms with E-state index in [1.54, 1.807) is 0 Å². The van der Waals surface area contributed by atoms with Crippen molar-refractivity contribution in [3.63, 3.8) is 0 Å². The van der Waals surface area contributed by atoms with E-state index in [4.69, 9.17) is 4.18 Å². The highest BCUT2D eigenvalue weighted by atomic mass is 32.2. The lowest BCUT2D eigenvalue weighted by Gasteiger charge is -2.22. The average molecular weight is 761 g/mol. The number of rotatable bonds is 7. The molecule has 0 aliphatic heterocycles. The Balaban J connectivity index is 1.39. The number of hydrogen-bond donors (Lipinski definition) is 1. The van der Waals surface area contributed by atoms with Crippen LogP contribution in [0.4, 0.5) is 0 Å². The van der Waals surface area contributed by atoms with E-state index in [1.807, 2.05) is 115 Å². The molecule has 0 bridgehead atoms. The monoisotopic (exact) mass is 760 g/mol. The van der Waals surface area contributed by atoms with Gasteiger partial charge in [0.05, 0.1) is 4.90 Å². The van der Waals surface area contributed by atoms with Crippen molar-refractivity contribution in [2.75, 3.05) is 0 Å². The molecule has 0 amide bonds. The van der Waals surface area contributed by atoms with Gasteiger partial charge in [0.1, 0.15) is 10.6 Å². The molecule has 0 spiro atoms. The maximum absolute atomic E-state index is 15.4. The van der Waals surface area contributed by atoms with Gasteiger partial charge in [-0.05, 0) is 110 Å². The first kappa shape index (κ1) is 34.9. The van der Waals surface area contributed by atoms with Crippen LogP contribution in [0.1, 0.15) is 30.4 Å². The predicted octanol–water partition coefficient (Wildman–Crippen LogP) is 11.4. The largest absolute Gasteiger partial charge is 0.379 e. The van der Waals surface area contributed by atoms with Gasteiger partial charge in [0.15, 0.2) is 0 Å². The van der Waals surface area contributed by atoms with Crippen LogP contribution < -0.4 is 4.18 Å². The fourth-order valence-electron chi connectivity index (χ4n) is 8.31. The molecular formula is C47H36O6S2. The van der Waals surface area contributed by atoms with Crippen LogP contribution in [0.2, 0.25) is 0 Å². The minimum atomic E-state index is -4.66.